The molecule has 0 aliphatic heterocycles. The van der Waals surface area contributed by atoms with Crippen molar-refractivity contribution in [3.8, 4) is 0 Å². The Hall–Kier alpha value is 0. The molecule has 0 aromatic carbocycles. The van der Waals surface area contributed by atoms with E-state index in [1.165, 1.54) is 32.1 Å². The van der Waals surface area contributed by atoms with Gasteiger partial charge in [0.05, 0.1) is 0 Å². The third-order valence-electron chi connectivity index (χ3n) is 3.48. The van der Waals surface area contributed by atoms with Gasteiger partial charge in [-0.3, -0.25) is 0 Å². The van der Waals surface area contributed by atoms with Gasteiger partial charge in [0.25, 0.3) is 0 Å². The van der Waals surface area contributed by atoms with E-state index in [1.807, 2.05) is 11.8 Å². The molecule has 54 valence electrons. The highest BCUT2D eigenvalue weighted by molar-refractivity contribution is 5.19. The summed E-state index contributed by atoms with van der Waals surface area (Å²) in [6.07, 6.45) is 9.00. The first kappa shape index (κ1) is 5.62. The summed E-state index contributed by atoms with van der Waals surface area (Å²) < 4.78 is 0. The lowest BCUT2D eigenvalue weighted by atomic mass is 9.56. The zero-order chi connectivity index (χ0) is 6.55. The second-order valence-electron chi connectivity index (χ2n) is 4.46. The second kappa shape index (κ2) is 1.78. The molecule has 0 saturated heterocycles. The van der Waals surface area contributed by atoms with Crippen molar-refractivity contribution in [2.24, 2.45) is 11.8 Å². The first-order chi connectivity index (χ1) is 4.90. The second-order valence-corrected chi connectivity index (χ2v) is 4.46. The van der Waals surface area contributed by atoms with E-state index in [2.05, 4.69) is 0 Å². The summed E-state index contributed by atoms with van der Waals surface area (Å²) in [6.45, 7) is 0. The van der Waals surface area contributed by atoms with Gasteiger partial charge in [0.1, 0.15) is 0 Å². The van der Waals surface area contributed by atoms with Crippen molar-refractivity contribution in [1.29, 1.82) is 0 Å². The molecule has 4 aliphatic rings. The lowest BCUT2D eigenvalue weighted by Gasteiger charge is -2.49. The van der Waals surface area contributed by atoms with Gasteiger partial charge in [0, 0.05) is 0 Å². The van der Waals surface area contributed by atoms with Crippen LogP contribution < -0.4 is 0 Å². The third-order valence-corrected chi connectivity index (χ3v) is 3.48. The summed E-state index contributed by atoms with van der Waals surface area (Å²) in [7, 11) is 0. The van der Waals surface area contributed by atoms with E-state index in [0.29, 0.717) is 0 Å². The molecule has 0 heterocycles. The van der Waals surface area contributed by atoms with Gasteiger partial charge in [-0.1, -0.05) is 0 Å². The number of hydrogen-bond donors (Lipinski definition) is 0. The van der Waals surface area contributed by atoms with Crippen molar-refractivity contribution < 1.29 is 0 Å². The van der Waals surface area contributed by atoms with Gasteiger partial charge in [-0.05, 0) is 62.2 Å². The Morgan fingerprint density at radius 2 is 1.30 bits per heavy atom. The van der Waals surface area contributed by atoms with Gasteiger partial charge in [0.15, 0.2) is 0 Å². The Kier molecular flexibility index (Phi) is 1.00. The van der Waals surface area contributed by atoms with Crippen LogP contribution in [-0.4, -0.2) is 0 Å². The van der Waals surface area contributed by atoms with Crippen LogP contribution in [0, 0.1) is 23.7 Å². The van der Waals surface area contributed by atoms with E-state index >= 15 is 0 Å². The number of hydrogen-bond acceptors (Lipinski definition) is 0. The van der Waals surface area contributed by atoms with Crippen molar-refractivity contribution in [3.05, 3.63) is 11.8 Å². The molecule has 10 heavy (non-hydrogen) atoms. The average molecular weight is 134 g/mol. The van der Waals surface area contributed by atoms with Crippen molar-refractivity contribution in [3.63, 3.8) is 0 Å². The highest BCUT2D eigenvalue weighted by Gasteiger charge is 2.42. The van der Waals surface area contributed by atoms with Crippen LogP contribution in [0.3, 0.4) is 0 Å². The first-order valence-electron chi connectivity index (χ1n) is 4.57. The maximum Gasteiger partial charge on any atom is -0.0230 e. The Bertz CT molecular complexity index is 91.6. The summed E-state index contributed by atoms with van der Waals surface area (Å²) in [6, 6.07) is 0. The molecular formula is C10H14. The SMILES string of the molecule is C1[C]2CC3C[C]1CC(C2)C3. The van der Waals surface area contributed by atoms with Gasteiger partial charge in [-0.2, -0.15) is 0 Å². The fraction of sp³-hybridized carbons (Fsp3) is 0.800. The lowest BCUT2D eigenvalue weighted by molar-refractivity contribution is 0.174. The van der Waals surface area contributed by atoms with E-state index in [0.717, 1.165) is 11.8 Å². The van der Waals surface area contributed by atoms with Crippen LogP contribution >= 0.6 is 0 Å². The average Bonchev–Trinajstić information content (AvgIpc) is 1.82. The van der Waals surface area contributed by atoms with Crippen LogP contribution in [0.1, 0.15) is 38.5 Å². The maximum atomic E-state index is 1.90. The zero-order valence-corrected chi connectivity index (χ0v) is 6.40. The molecule has 4 fully saturated rings. The van der Waals surface area contributed by atoms with Gasteiger partial charge < -0.3 is 0 Å². The summed E-state index contributed by atoms with van der Waals surface area (Å²) in [5, 5.41) is 0. The van der Waals surface area contributed by atoms with E-state index in [9.17, 15) is 0 Å². The fourth-order valence-electron chi connectivity index (χ4n) is 3.39. The standard InChI is InChI=1S/C10H14/c1-7-2-9-4-8(1)5-10(3-7)6-9/h7-8H,1-6H2. The molecule has 0 unspecified atom stereocenters. The largest absolute Gasteiger partial charge is 0.0475 e. The fourth-order valence-corrected chi connectivity index (χ4v) is 3.39. The van der Waals surface area contributed by atoms with Crippen LogP contribution in [0.25, 0.3) is 0 Å². The van der Waals surface area contributed by atoms with Gasteiger partial charge in [-0.25, -0.2) is 0 Å². The zero-order valence-electron chi connectivity index (χ0n) is 6.40. The normalized spacial score (nSPS) is 46.8. The van der Waals surface area contributed by atoms with Crippen LogP contribution in [0.4, 0.5) is 0 Å². The molecule has 4 bridgehead atoms. The first-order valence-corrected chi connectivity index (χ1v) is 4.57. The molecule has 0 aromatic rings. The van der Waals surface area contributed by atoms with Crippen molar-refractivity contribution >= 4 is 0 Å². The predicted molar refractivity (Wildman–Crippen MR) is 41.2 cm³/mol. The number of rotatable bonds is 0. The molecule has 0 amide bonds. The third kappa shape index (κ3) is 0.681. The highest BCUT2D eigenvalue weighted by atomic mass is 14.5. The van der Waals surface area contributed by atoms with Gasteiger partial charge >= 0.3 is 0 Å². The summed E-state index contributed by atoms with van der Waals surface area (Å²) >= 11 is 0. The van der Waals surface area contributed by atoms with Crippen molar-refractivity contribution in [1.82, 2.24) is 0 Å². The molecule has 0 spiro atoms. The van der Waals surface area contributed by atoms with E-state index in [-0.39, 0.29) is 0 Å². The predicted octanol–water partition coefficient (Wildman–Crippen LogP) is 2.75. The van der Waals surface area contributed by atoms with Crippen LogP contribution in [-0.2, 0) is 0 Å². The molecule has 0 N–H and O–H groups in total. The molecule has 0 nitrogen and oxygen atoms in total. The minimum Gasteiger partial charge on any atom is -0.0475 e. The molecule has 2 radical (unpaired) electrons. The van der Waals surface area contributed by atoms with Gasteiger partial charge in [-0.15, -0.1) is 0 Å². The molecule has 0 atom stereocenters. The van der Waals surface area contributed by atoms with E-state index < -0.39 is 0 Å². The molecule has 0 aromatic heterocycles. The topological polar surface area (TPSA) is 0 Å². The lowest BCUT2D eigenvalue weighted by Crippen LogP contribution is -2.36. The summed E-state index contributed by atoms with van der Waals surface area (Å²) in [4.78, 5) is 0. The van der Waals surface area contributed by atoms with Crippen molar-refractivity contribution in [2.75, 3.05) is 0 Å². The van der Waals surface area contributed by atoms with Crippen molar-refractivity contribution in [2.45, 2.75) is 38.5 Å². The molecule has 4 saturated carbocycles. The van der Waals surface area contributed by atoms with E-state index in [1.54, 1.807) is 6.42 Å². The Morgan fingerprint density at radius 3 is 1.70 bits per heavy atom. The molecule has 4 aliphatic carbocycles. The quantitative estimate of drug-likeness (QED) is 0.478. The Balaban J connectivity index is 1.90. The molecular weight excluding hydrogens is 120 g/mol. The monoisotopic (exact) mass is 134 g/mol. The Labute approximate surface area is 63.0 Å². The highest BCUT2D eigenvalue weighted by Crippen LogP contribution is 2.55. The smallest absolute Gasteiger partial charge is 0.0230 e. The minimum absolute atomic E-state index is 1.10. The maximum absolute atomic E-state index is 1.90. The summed E-state index contributed by atoms with van der Waals surface area (Å²) in [5.41, 5.74) is 0. The van der Waals surface area contributed by atoms with E-state index in [4.69, 9.17) is 0 Å². The van der Waals surface area contributed by atoms with Crippen LogP contribution in [0.15, 0.2) is 0 Å². The van der Waals surface area contributed by atoms with Crippen LogP contribution in [0.2, 0.25) is 0 Å². The Morgan fingerprint density at radius 1 is 0.800 bits per heavy atom. The molecule has 4 rings (SSSR count). The molecule has 0 heteroatoms. The van der Waals surface area contributed by atoms with Crippen LogP contribution in [0.5, 0.6) is 0 Å². The van der Waals surface area contributed by atoms with Gasteiger partial charge in [0.2, 0.25) is 0 Å². The summed E-state index contributed by atoms with van der Waals surface area (Å²) in [5.74, 6) is 6.00. The minimum atomic E-state index is 1.10.